The predicted molar refractivity (Wildman–Crippen MR) is 112 cm³/mol. The van der Waals surface area contributed by atoms with Crippen LogP contribution >= 0.6 is 0 Å². The lowest BCUT2D eigenvalue weighted by molar-refractivity contribution is -0.396. The number of nitrogens with zero attached hydrogens (tertiary/aromatic N) is 3. The first kappa shape index (κ1) is 26.1. The molecule has 2 rings (SSSR count). The summed E-state index contributed by atoms with van der Waals surface area (Å²) in [6.45, 7) is 1.51. The van der Waals surface area contributed by atoms with Crippen LogP contribution in [0.5, 0.6) is 0 Å². The molecule has 1 aromatic carbocycles. The number of aliphatic carboxylic acids is 1. The Morgan fingerprint density at radius 2 is 1.85 bits per heavy atom. The van der Waals surface area contributed by atoms with Gasteiger partial charge in [0.1, 0.15) is 12.1 Å². The number of hydrogen-bond donors (Lipinski definition) is 2. The number of hydrogen-bond acceptors (Lipinski definition) is 10. The van der Waals surface area contributed by atoms with Gasteiger partial charge in [-0.3, -0.25) is 29.8 Å². The van der Waals surface area contributed by atoms with Crippen LogP contribution in [0.2, 0.25) is 0 Å². The molecule has 14 nitrogen and oxygen atoms in total. The van der Waals surface area contributed by atoms with Crippen molar-refractivity contribution in [2.24, 2.45) is 11.7 Å². The smallest absolute Gasteiger partial charge is 0.320 e. The molecule has 182 valence electrons. The standard InChI is InChI=1S/C18H24N4O10S/c1-11(8-14(19)18(24)25)9-17(23)32-13-4-6-20(7-5-13)33(30,31)16-3-2-12(21(26)27)10-15(16)22(28)29/h2-3,10-11,13-14H,4-9,19H2,1H3,(H,24,25)/t11?,14-/m0/s1. The number of rotatable bonds is 10. The van der Waals surface area contributed by atoms with Crippen molar-refractivity contribution in [2.75, 3.05) is 13.1 Å². The van der Waals surface area contributed by atoms with Crippen LogP contribution in [-0.2, 0) is 24.3 Å². The number of non-ortho nitro benzene ring substituents is 1. The topological polar surface area (TPSA) is 213 Å². The van der Waals surface area contributed by atoms with Crippen molar-refractivity contribution in [1.82, 2.24) is 4.31 Å². The molecule has 0 radical (unpaired) electrons. The Balaban J connectivity index is 2.00. The lowest BCUT2D eigenvalue weighted by Gasteiger charge is -2.31. The number of benzene rings is 1. The van der Waals surface area contributed by atoms with E-state index in [-0.39, 0.29) is 44.7 Å². The molecule has 0 bridgehead atoms. The largest absolute Gasteiger partial charge is 0.480 e. The Hall–Kier alpha value is -3.17. The van der Waals surface area contributed by atoms with Crippen LogP contribution in [-0.4, -0.2) is 64.9 Å². The maximum atomic E-state index is 12.9. The fourth-order valence-corrected chi connectivity index (χ4v) is 5.05. The lowest BCUT2D eigenvalue weighted by atomic mass is 9.99. The van der Waals surface area contributed by atoms with Gasteiger partial charge in [0.05, 0.1) is 15.9 Å². The summed E-state index contributed by atoms with van der Waals surface area (Å²) in [5.74, 6) is -2.06. The van der Waals surface area contributed by atoms with Gasteiger partial charge in [-0.25, -0.2) is 8.42 Å². The molecule has 1 unspecified atom stereocenters. The lowest BCUT2D eigenvalue weighted by Crippen LogP contribution is -2.41. The monoisotopic (exact) mass is 488 g/mol. The van der Waals surface area contributed by atoms with E-state index in [1.165, 1.54) is 0 Å². The number of nitrogens with two attached hydrogens (primary N) is 1. The third-order valence-corrected chi connectivity index (χ3v) is 7.10. The summed E-state index contributed by atoms with van der Waals surface area (Å²) in [5.41, 5.74) is 3.94. The molecule has 1 aliphatic heterocycles. The summed E-state index contributed by atoms with van der Waals surface area (Å²) >= 11 is 0. The average molecular weight is 488 g/mol. The number of carboxylic acid groups (broad SMARTS) is 1. The van der Waals surface area contributed by atoms with Crippen molar-refractivity contribution in [1.29, 1.82) is 0 Å². The summed E-state index contributed by atoms with van der Waals surface area (Å²) in [6.07, 6.45) is -0.233. The van der Waals surface area contributed by atoms with Crippen LogP contribution in [0.15, 0.2) is 23.1 Å². The van der Waals surface area contributed by atoms with E-state index in [0.717, 1.165) is 16.4 Å². The van der Waals surface area contributed by atoms with E-state index >= 15 is 0 Å². The van der Waals surface area contributed by atoms with Gasteiger partial charge in [-0.1, -0.05) is 6.92 Å². The van der Waals surface area contributed by atoms with E-state index in [9.17, 15) is 38.2 Å². The third-order valence-electron chi connectivity index (χ3n) is 5.16. The highest BCUT2D eigenvalue weighted by molar-refractivity contribution is 7.89. The number of piperidine rings is 1. The Kier molecular flexibility index (Phi) is 8.40. The zero-order chi connectivity index (χ0) is 24.9. The minimum Gasteiger partial charge on any atom is -0.480 e. The minimum absolute atomic E-state index is 0.0471. The Morgan fingerprint density at radius 1 is 1.24 bits per heavy atom. The molecular formula is C18H24N4O10S. The Labute approximate surface area is 188 Å². The first-order chi connectivity index (χ1) is 15.3. The van der Waals surface area contributed by atoms with E-state index in [1.807, 2.05) is 0 Å². The van der Waals surface area contributed by atoms with Gasteiger partial charge < -0.3 is 15.6 Å². The molecule has 1 saturated heterocycles. The summed E-state index contributed by atoms with van der Waals surface area (Å²) in [6, 6.07) is 1.22. The van der Waals surface area contributed by atoms with Crippen molar-refractivity contribution >= 4 is 33.3 Å². The maximum absolute atomic E-state index is 12.9. The second-order valence-corrected chi connectivity index (χ2v) is 9.66. The van der Waals surface area contributed by atoms with Crippen LogP contribution in [0, 0.1) is 26.1 Å². The molecule has 0 aliphatic carbocycles. The van der Waals surface area contributed by atoms with Crippen molar-refractivity contribution in [3.05, 3.63) is 38.4 Å². The molecular weight excluding hydrogens is 464 g/mol. The van der Waals surface area contributed by atoms with E-state index < -0.39 is 60.2 Å². The Bertz CT molecular complexity index is 1040. The summed E-state index contributed by atoms with van der Waals surface area (Å²) < 4.78 is 32.2. The number of carbonyl (C=O) groups excluding carboxylic acids is 1. The highest BCUT2D eigenvalue weighted by Gasteiger charge is 2.36. The molecule has 0 amide bonds. The van der Waals surface area contributed by atoms with Crippen LogP contribution in [0.3, 0.4) is 0 Å². The molecule has 2 atom stereocenters. The Morgan fingerprint density at radius 3 is 2.36 bits per heavy atom. The maximum Gasteiger partial charge on any atom is 0.320 e. The summed E-state index contributed by atoms with van der Waals surface area (Å²) in [4.78, 5) is 42.5. The van der Waals surface area contributed by atoms with Gasteiger partial charge in [0.15, 0.2) is 4.90 Å². The molecule has 3 N–H and O–H groups in total. The highest BCUT2D eigenvalue weighted by atomic mass is 32.2. The quantitative estimate of drug-likeness (QED) is 0.269. The summed E-state index contributed by atoms with van der Waals surface area (Å²) in [7, 11) is -4.31. The van der Waals surface area contributed by atoms with Gasteiger partial charge in [-0.2, -0.15) is 4.31 Å². The van der Waals surface area contributed by atoms with Crippen LogP contribution < -0.4 is 5.73 Å². The molecule has 1 heterocycles. The molecule has 33 heavy (non-hydrogen) atoms. The molecule has 0 saturated carbocycles. The van der Waals surface area contributed by atoms with Crippen molar-refractivity contribution < 1.29 is 37.7 Å². The predicted octanol–water partition coefficient (Wildman–Crippen LogP) is 1.03. The van der Waals surface area contributed by atoms with Crippen molar-refractivity contribution in [2.45, 2.75) is 49.6 Å². The molecule has 15 heteroatoms. The SMILES string of the molecule is CC(CC(=O)OC1CCN(S(=O)(=O)c2ccc([N+](=O)[O-])cc2[N+](=O)[O-])CC1)C[C@H](N)C(=O)O. The summed E-state index contributed by atoms with van der Waals surface area (Å²) in [5, 5.41) is 31.0. The molecule has 0 spiro atoms. The van der Waals surface area contributed by atoms with E-state index in [2.05, 4.69) is 0 Å². The first-order valence-corrected chi connectivity index (χ1v) is 11.4. The van der Waals surface area contributed by atoms with Gasteiger partial charge in [-0.15, -0.1) is 0 Å². The van der Waals surface area contributed by atoms with E-state index in [1.54, 1.807) is 6.92 Å². The number of ether oxygens (including phenoxy) is 1. The van der Waals surface area contributed by atoms with Crippen LogP contribution in [0.4, 0.5) is 11.4 Å². The van der Waals surface area contributed by atoms with Gasteiger partial charge in [-0.05, 0) is 31.2 Å². The fraction of sp³-hybridized carbons (Fsp3) is 0.556. The number of nitro benzene ring substituents is 2. The van der Waals surface area contributed by atoms with E-state index in [0.29, 0.717) is 6.07 Å². The molecule has 1 fully saturated rings. The number of carbonyl (C=O) groups is 2. The number of carboxylic acids is 1. The second-order valence-electron chi connectivity index (χ2n) is 7.75. The fourth-order valence-electron chi connectivity index (χ4n) is 3.45. The average Bonchev–Trinajstić information content (AvgIpc) is 2.73. The van der Waals surface area contributed by atoms with Gasteiger partial charge in [0, 0.05) is 25.6 Å². The number of sulfonamides is 1. The second kappa shape index (κ2) is 10.6. The zero-order valence-corrected chi connectivity index (χ0v) is 18.5. The molecule has 0 aromatic heterocycles. The van der Waals surface area contributed by atoms with Crippen LogP contribution in [0.1, 0.15) is 32.6 Å². The first-order valence-electron chi connectivity index (χ1n) is 9.93. The van der Waals surface area contributed by atoms with Gasteiger partial charge >= 0.3 is 11.9 Å². The molecule has 1 aromatic rings. The number of nitro groups is 2. The van der Waals surface area contributed by atoms with Crippen molar-refractivity contribution in [3.8, 4) is 0 Å². The van der Waals surface area contributed by atoms with Crippen molar-refractivity contribution in [3.63, 3.8) is 0 Å². The zero-order valence-electron chi connectivity index (χ0n) is 17.7. The van der Waals surface area contributed by atoms with Gasteiger partial charge in [0.2, 0.25) is 10.0 Å². The van der Waals surface area contributed by atoms with Crippen LogP contribution in [0.25, 0.3) is 0 Å². The number of esters is 1. The molecule has 1 aliphatic rings. The third kappa shape index (κ3) is 6.66. The minimum atomic E-state index is -4.31. The van der Waals surface area contributed by atoms with E-state index in [4.69, 9.17) is 15.6 Å². The highest BCUT2D eigenvalue weighted by Crippen LogP contribution is 2.32. The normalized spacial score (nSPS) is 17.2. The van der Waals surface area contributed by atoms with Gasteiger partial charge in [0.25, 0.3) is 11.4 Å².